The number of rotatable bonds is 3. The summed E-state index contributed by atoms with van der Waals surface area (Å²) in [6.45, 7) is 2.82. The fourth-order valence-electron chi connectivity index (χ4n) is 3.73. The van der Waals surface area contributed by atoms with Crippen LogP contribution in [0.25, 0.3) is 22.2 Å². The summed E-state index contributed by atoms with van der Waals surface area (Å²) in [4.78, 5) is 19.9. The van der Waals surface area contributed by atoms with E-state index in [2.05, 4.69) is 62.3 Å². The molecule has 0 spiro atoms. The minimum absolute atomic E-state index is 0.705. The van der Waals surface area contributed by atoms with Crippen molar-refractivity contribution in [3.05, 3.63) is 84.2 Å². The van der Waals surface area contributed by atoms with Crippen molar-refractivity contribution in [2.24, 2.45) is 0 Å². The topological polar surface area (TPSA) is 54.8 Å². The van der Waals surface area contributed by atoms with Crippen molar-refractivity contribution in [3.8, 4) is 11.4 Å². The molecule has 0 amide bonds. The summed E-state index contributed by atoms with van der Waals surface area (Å²) in [7, 11) is 0. The van der Waals surface area contributed by atoms with Crippen LogP contribution in [-0.2, 0) is 19.5 Å². The van der Waals surface area contributed by atoms with Crippen LogP contribution in [0.3, 0.4) is 0 Å². The first-order valence-corrected chi connectivity index (χ1v) is 9.16. The maximum absolute atomic E-state index is 4.76. The van der Waals surface area contributed by atoms with E-state index in [4.69, 9.17) is 4.98 Å². The SMILES string of the molecule is c1ccc2c(CN3CCc4nc(-c5cncnc5)ncc4C3)cccc2c1. The molecule has 0 bridgehead atoms. The average molecular weight is 353 g/mol. The zero-order valence-electron chi connectivity index (χ0n) is 14.9. The van der Waals surface area contributed by atoms with E-state index in [1.807, 2.05) is 6.20 Å². The van der Waals surface area contributed by atoms with Crippen molar-refractivity contribution in [2.45, 2.75) is 19.5 Å². The second-order valence-electron chi connectivity index (χ2n) is 6.89. The quantitative estimate of drug-likeness (QED) is 0.563. The summed E-state index contributed by atoms with van der Waals surface area (Å²) >= 11 is 0. The van der Waals surface area contributed by atoms with Gasteiger partial charge in [0.2, 0.25) is 0 Å². The Hall–Kier alpha value is -3.18. The third-order valence-corrected chi connectivity index (χ3v) is 5.11. The van der Waals surface area contributed by atoms with Gasteiger partial charge in [0.15, 0.2) is 5.82 Å². The maximum Gasteiger partial charge on any atom is 0.162 e. The lowest BCUT2D eigenvalue weighted by atomic mass is 10.0. The number of benzene rings is 2. The minimum Gasteiger partial charge on any atom is -0.294 e. The van der Waals surface area contributed by atoms with Gasteiger partial charge >= 0.3 is 0 Å². The lowest BCUT2D eigenvalue weighted by molar-refractivity contribution is 0.244. The number of fused-ring (bicyclic) bond motifs is 2. The van der Waals surface area contributed by atoms with E-state index in [9.17, 15) is 0 Å². The monoisotopic (exact) mass is 353 g/mol. The molecule has 2 aromatic carbocycles. The van der Waals surface area contributed by atoms with Gasteiger partial charge in [0, 0.05) is 50.2 Å². The van der Waals surface area contributed by atoms with Gasteiger partial charge < -0.3 is 0 Å². The van der Waals surface area contributed by atoms with Crippen LogP contribution in [0.1, 0.15) is 16.8 Å². The molecule has 0 N–H and O–H groups in total. The summed E-state index contributed by atoms with van der Waals surface area (Å²) in [6, 6.07) is 15.1. The Morgan fingerprint density at radius 1 is 0.926 bits per heavy atom. The molecule has 1 aliphatic heterocycles. The fraction of sp³-hybridized carbons (Fsp3) is 0.182. The third kappa shape index (κ3) is 3.17. The Labute approximate surface area is 157 Å². The zero-order valence-corrected chi connectivity index (χ0v) is 14.9. The van der Waals surface area contributed by atoms with Crippen LogP contribution in [-0.4, -0.2) is 31.4 Å². The molecule has 5 rings (SSSR count). The van der Waals surface area contributed by atoms with Gasteiger partial charge in [0.05, 0.1) is 11.3 Å². The van der Waals surface area contributed by atoms with E-state index in [1.54, 1.807) is 12.4 Å². The molecule has 27 heavy (non-hydrogen) atoms. The molecule has 132 valence electrons. The average Bonchev–Trinajstić information content (AvgIpc) is 2.74. The lowest BCUT2D eigenvalue weighted by Gasteiger charge is -2.28. The normalized spacial score (nSPS) is 14.2. The van der Waals surface area contributed by atoms with Crippen LogP contribution >= 0.6 is 0 Å². The number of nitrogens with zero attached hydrogens (tertiary/aromatic N) is 5. The van der Waals surface area contributed by atoms with Gasteiger partial charge in [-0.05, 0) is 16.3 Å². The first-order chi connectivity index (χ1) is 13.4. The molecule has 0 atom stereocenters. The predicted octanol–water partition coefficient (Wildman–Crippen LogP) is 3.65. The van der Waals surface area contributed by atoms with Gasteiger partial charge in [-0.25, -0.2) is 19.9 Å². The highest BCUT2D eigenvalue weighted by Crippen LogP contribution is 2.24. The third-order valence-electron chi connectivity index (χ3n) is 5.11. The molecule has 0 aliphatic carbocycles. The molecule has 0 fully saturated rings. The van der Waals surface area contributed by atoms with Gasteiger partial charge in [-0.2, -0.15) is 0 Å². The minimum atomic E-state index is 0.705. The van der Waals surface area contributed by atoms with E-state index < -0.39 is 0 Å². The molecule has 2 aromatic heterocycles. The Balaban J connectivity index is 1.38. The number of aromatic nitrogens is 4. The second kappa shape index (κ2) is 6.85. The van der Waals surface area contributed by atoms with E-state index in [1.165, 1.54) is 28.2 Å². The Morgan fingerprint density at radius 3 is 2.70 bits per heavy atom. The Kier molecular flexibility index (Phi) is 4.07. The molecule has 5 heteroatoms. The maximum atomic E-state index is 4.76. The van der Waals surface area contributed by atoms with Gasteiger partial charge in [0.25, 0.3) is 0 Å². The predicted molar refractivity (Wildman–Crippen MR) is 105 cm³/mol. The smallest absolute Gasteiger partial charge is 0.162 e. The van der Waals surface area contributed by atoms with Crippen LogP contribution in [0.4, 0.5) is 0 Å². The van der Waals surface area contributed by atoms with Gasteiger partial charge in [-0.15, -0.1) is 0 Å². The first-order valence-electron chi connectivity index (χ1n) is 9.16. The summed E-state index contributed by atoms with van der Waals surface area (Å²) in [5.74, 6) is 0.705. The van der Waals surface area contributed by atoms with Crippen molar-refractivity contribution >= 4 is 10.8 Å². The van der Waals surface area contributed by atoms with E-state index in [-0.39, 0.29) is 0 Å². The highest BCUT2D eigenvalue weighted by atomic mass is 15.1. The van der Waals surface area contributed by atoms with Crippen molar-refractivity contribution in [2.75, 3.05) is 6.54 Å². The van der Waals surface area contributed by atoms with Gasteiger partial charge in [-0.3, -0.25) is 4.90 Å². The molecule has 0 unspecified atom stereocenters. The lowest BCUT2D eigenvalue weighted by Crippen LogP contribution is -2.31. The molecule has 5 nitrogen and oxygen atoms in total. The van der Waals surface area contributed by atoms with Gasteiger partial charge in [0.1, 0.15) is 6.33 Å². The van der Waals surface area contributed by atoms with Crippen LogP contribution in [0.5, 0.6) is 0 Å². The second-order valence-corrected chi connectivity index (χ2v) is 6.89. The standard InChI is InChI=1S/C22H19N5/c1-2-7-20-16(4-1)5-3-6-17(20)13-27-9-8-21-19(14-27)12-25-22(26-21)18-10-23-15-24-11-18/h1-7,10-12,15H,8-9,13-14H2. The van der Waals surface area contributed by atoms with E-state index >= 15 is 0 Å². The molecule has 3 heterocycles. The van der Waals surface area contributed by atoms with Crippen LogP contribution in [0.2, 0.25) is 0 Å². The summed E-state index contributed by atoms with van der Waals surface area (Å²) in [6.07, 6.45) is 7.92. The molecule has 0 radical (unpaired) electrons. The first kappa shape index (κ1) is 16.0. The fourth-order valence-corrected chi connectivity index (χ4v) is 3.73. The highest BCUT2D eigenvalue weighted by molar-refractivity contribution is 5.85. The van der Waals surface area contributed by atoms with Crippen molar-refractivity contribution in [3.63, 3.8) is 0 Å². The highest BCUT2D eigenvalue weighted by Gasteiger charge is 2.19. The van der Waals surface area contributed by atoms with E-state index in [0.717, 1.165) is 37.3 Å². The van der Waals surface area contributed by atoms with Crippen molar-refractivity contribution < 1.29 is 0 Å². The molecule has 4 aromatic rings. The van der Waals surface area contributed by atoms with E-state index in [0.29, 0.717) is 5.82 Å². The molecule has 0 saturated carbocycles. The molecule has 0 saturated heterocycles. The molecule has 1 aliphatic rings. The zero-order chi connectivity index (χ0) is 18.1. The Morgan fingerprint density at radius 2 is 1.78 bits per heavy atom. The van der Waals surface area contributed by atoms with Crippen molar-refractivity contribution in [1.29, 1.82) is 0 Å². The summed E-state index contributed by atoms with van der Waals surface area (Å²) in [5, 5.41) is 2.63. The Bertz CT molecular complexity index is 1090. The molecular formula is C22H19N5. The number of hydrogen-bond donors (Lipinski definition) is 0. The number of hydrogen-bond acceptors (Lipinski definition) is 5. The summed E-state index contributed by atoms with van der Waals surface area (Å²) < 4.78 is 0. The van der Waals surface area contributed by atoms with Crippen LogP contribution < -0.4 is 0 Å². The summed E-state index contributed by atoms with van der Waals surface area (Å²) in [5.41, 5.74) is 4.58. The van der Waals surface area contributed by atoms with Crippen LogP contribution in [0.15, 0.2) is 67.4 Å². The largest absolute Gasteiger partial charge is 0.294 e. The van der Waals surface area contributed by atoms with Crippen molar-refractivity contribution in [1.82, 2.24) is 24.8 Å². The van der Waals surface area contributed by atoms with Gasteiger partial charge in [-0.1, -0.05) is 42.5 Å². The molecular weight excluding hydrogens is 334 g/mol. The van der Waals surface area contributed by atoms with Crippen LogP contribution in [0, 0.1) is 0 Å².